The fourth-order valence-corrected chi connectivity index (χ4v) is 1.53. The lowest BCUT2D eigenvalue weighted by Gasteiger charge is -2.14. The quantitative estimate of drug-likeness (QED) is 0.818. The van der Waals surface area contributed by atoms with Crippen LogP contribution in [0.1, 0.15) is 5.56 Å². The van der Waals surface area contributed by atoms with Gasteiger partial charge < -0.3 is 15.0 Å². The van der Waals surface area contributed by atoms with Gasteiger partial charge in [-0.3, -0.25) is 4.79 Å². The van der Waals surface area contributed by atoms with E-state index in [0.29, 0.717) is 11.3 Å². The Labute approximate surface area is 119 Å². The zero-order valence-electron chi connectivity index (χ0n) is 11.6. The molecule has 0 heterocycles. The van der Waals surface area contributed by atoms with Crippen LogP contribution in [0.25, 0.3) is 0 Å². The Morgan fingerprint density at radius 2 is 2.00 bits per heavy atom. The Kier molecular flexibility index (Phi) is 5.95. The summed E-state index contributed by atoms with van der Waals surface area (Å²) >= 11 is 0. The first-order chi connectivity index (χ1) is 9.69. The molecule has 0 spiro atoms. The molecular formula is C13H16F4N2O2. The van der Waals surface area contributed by atoms with E-state index in [4.69, 9.17) is 0 Å². The molecule has 0 aliphatic rings. The summed E-state index contributed by atoms with van der Waals surface area (Å²) in [7, 11) is 3.38. The van der Waals surface area contributed by atoms with Gasteiger partial charge in [-0.25, -0.2) is 4.39 Å². The van der Waals surface area contributed by atoms with Crippen LogP contribution in [0.15, 0.2) is 18.2 Å². The van der Waals surface area contributed by atoms with Crippen molar-refractivity contribution >= 4 is 11.6 Å². The van der Waals surface area contributed by atoms with Crippen LogP contribution >= 0.6 is 0 Å². The number of rotatable bonds is 6. The van der Waals surface area contributed by atoms with Crippen molar-refractivity contribution < 1.29 is 27.1 Å². The third kappa shape index (κ3) is 6.44. The highest BCUT2D eigenvalue weighted by atomic mass is 19.4. The smallest absolute Gasteiger partial charge is 0.375 e. The summed E-state index contributed by atoms with van der Waals surface area (Å²) in [4.78, 5) is 12.9. The molecule has 0 atom stereocenters. The topological polar surface area (TPSA) is 41.6 Å². The lowest BCUT2D eigenvalue weighted by molar-refractivity contribution is -0.175. The van der Waals surface area contributed by atoms with Crippen molar-refractivity contribution in [3.63, 3.8) is 0 Å². The maximum Gasteiger partial charge on any atom is 0.411 e. The molecule has 4 nitrogen and oxygen atoms in total. The van der Waals surface area contributed by atoms with E-state index in [1.165, 1.54) is 6.07 Å². The summed E-state index contributed by atoms with van der Waals surface area (Å²) in [5.74, 6) is -1.14. The van der Waals surface area contributed by atoms with E-state index in [1.54, 1.807) is 31.1 Å². The van der Waals surface area contributed by atoms with Crippen LogP contribution in [-0.2, 0) is 16.1 Å². The number of carbonyl (C=O) groups is 1. The molecule has 0 aliphatic heterocycles. The SMILES string of the molecule is CN(C)c1ccc(CNC(=O)COCC(F)(F)F)cc1F. The summed E-state index contributed by atoms with van der Waals surface area (Å²) < 4.78 is 53.3. The van der Waals surface area contributed by atoms with Gasteiger partial charge >= 0.3 is 6.18 Å². The van der Waals surface area contributed by atoms with Crippen molar-refractivity contribution in [1.29, 1.82) is 0 Å². The molecule has 1 amide bonds. The summed E-state index contributed by atoms with van der Waals surface area (Å²) in [6.07, 6.45) is -4.47. The predicted molar refractivity (Wildman–Crippen MR) is 69.4 cm³/mol. The molecule has 0 saturated carbocycles. The van der Waals surface area contributed by atoms with Crippen molar-refractivity contribution in [2.45, 2.75) is 12.7 Å². The number of alkyl halides is 3. The van der Waals surface area contributed by atoms with Gasteiger partial charge in [-0.15, -0.1) is 0 Å². The first kappa shape index (κ1) is 17.2. The molecule has 1 aromatic carbocycles. The number of carbonyl (C=O) groups excluding carboxylic acids is 1. The third-order valence-corrected chi connectivity index (χ3v) is 2.48. The zero-order chi connectivity index (χ0) is 16.0. The Morgan fingerprint density at radius 3 is 2.52 bits per heavy atom. The molecular weight excluding hydrogens is 292 g/mol. The Hall–Kier alpha value is -1.83. The molecule has 0 unspecified atom stereocenters. The predicted octanol–water partition coefficient (Wildman–Crippen LogP) is 2.09. The number of hydrogen-bond acceptors (Lipinski definition) is 3. The molecule has 21 heavy (non-hydrogen) atoms. The number of ether oxygens (including phenoxy) is 1. The number of amides is 1. The van der Waals surface area contributed by atoms with Gasteiger partial charge in [-0.2, -0.15) is 13.2 Å². The second-order valence-electron chi connectivity index (χ2n) is 4.56. The molecule has 0 fully saturated rings. The Balaban J connectivity index is 2.41. The molecule has 8 heteroatoms. The molecule has 1 aromatic rings. The number of halogens is 4. The highest BCUT2D eigenvalue weighted by Crippen LogP contribution is 2.18. The minimum absolute atomic E-state index is 0.0127. The average Bonchev–Trinajstić information content (AvgIpc) is 2.34. The third-order valence-electron chi connectivity index (χ3n) is 2.48. The number of hydrogen-bond donors (Lipinski definition) is 1. The van der Waals surface area contributed by atoms with Crippen molar-refractivity contribution in [2.75, 3.05) is 32.2 Å². The maximum absolute atomic E-state index is 13.7. The molecule has 118 valence electrons. The number of nitrogens with zero attached hydrogens (tertiary/aromatic N) is 1. The maximum atomic E-state index is 13.7. The van der Waals surface area contributed by atoms with Gasteiger partial charge in [0.2, 0.25) is 5.91 Å². The number of anilines is 1. The lowest BCUT2D eigenvalue weighted by atomic mass is 10.2. The van der Waals surface area contributed by atoms with Crippen LogP contribution in [0.5, 0.6) is 0 Å². The fourth-order valence-electron chi connectivity index (χ4n) is 1.53. The Bertz CT molecular complexity index is 490. The van der Waals surface area contributed by atoms with Gasteiger partial charge in [0.1, 0.15) is 19.0 Å². The van der Waals surface area contributed by atoms with Crippen molar-refractivity contribution in [3.05, 3.63) is 29.6 Å². The molecule has 0 radical (unpaired) electrons. The average molecular weight is 308 g/mol. The molecule has 0 saturated heterocycles. The molecule has 0 bridgehead atoms. The molecule has 1 rings (SSSR count). The van der Waals surface area contributed by atoms with E-state index in [2.05, 4.69) is 10.1 Å². The van der Waals surface area contributed by atoms with E-state index in [0.717, 1.165) is 0 Å². The van der Waals surface area contributed by atoms with E-state index >= 15 is 0 Å². The summed E-state index contributed by atoms with van der Waals surface area (Å²) in [5, 5.41) is 2.35. The first-order valence-corrected chi connectivity index (χ1v) is 6.06. The standard InChI is InChI=1S/C13H16F4N2O2/c1-19(2)11-4-3-9(5-10(11)14)6-18-12(20)7-21-8-13(15,16)17/h3-5H,6-8H2,1-2H3,(H,18,20). The highest BCUT2D eigenvalue weighted by molar-refractivity contribution is 5.77. The molecule has 1 N–H and O–H groups in total. The number of nitrogens with one attached hydrogen (secondary N) is 1. The first-order valence-electron chi connectivity index (χ1n) is 6.06. The monoisotopic (exact) mass is 308 g/mol. The van der Waals surface area contributed by atoms with Crippen molar-refractivity contribution in [3.8, 4) is 0 Å². The van der Waals surface area contributed by atoms with Gasteiger partial charge in [0.05, 0.1) is 5.69 Å². The summed E-state index contributed by atoms with van der Waals surface area (Å²) in [6.45, 7) is -2.16. The highest BCUT2D eigenvalue weighted by Gasteiger charge is 2.27. The second-order valence-corrected chi connectivity index (χ2v) is 4.56. The summed E-state index contributed by atoms with van der Waals surface area (Å²) in [6, 6.07) is 4.43. The van der Waals surface area contributed by atoms with Crippen LogP contribution in [0.2, 0.25) is 0 Å². The van der Waals surface area contributed by atoms with Crippen LogP contribution in [0.3, 0.4) is 0 Å². The molecule has 0 aromatic heterocycles. The van der Waals surface area contributed by atoms with Crippen LogP contribution in [-0.4, -0.2) is 39.4 Å². The van der Waals surface area contributed by atoms with E-state index < -0.39 is 31.1 Å². The van der Waals surface area contributed by atoms with Gasteiger partial charge in [0.25, 0.3) is 0 Å². The lowest BCUT2D eigenvalue weighted by Crippen LogP contribution is -2.29. The Morgan fingerprint density at radius 1 is 1.33 bits per heavy atom. The molecule has 0 aliphatic carbocycles. The van der Waals surface area contributed by atoms with Crippen LogP contribution < -0.4 is 10.2 Å². The summed E-state index contributed by atoms with van der Waals surface area (Å²) in [5.41, 5.74) is 0.904. The van der Waals surface area contributed by atoms with Gasteiger partial charge in [-0.05, 0) is 17.7 Å². The second kappa shape index (κ2) is 7.26. The minimum Gasteiger partial charge on any atom is -0.375 e. The van der Waals surface area contributed by atoms with Crippen molar-refractivity contribution in [2.24, 2.45) is 0 Å². The fraction of sp³-hybridized carbons (Fsp3) is 0.462. The van der Waals surface area contributed by atoms with Crippen molar-refractivity contribution in [1.82, 2.24) is 5.32 Å². The van der Waals surface area contributed by atoms with Crippen LogP contribution in [0, 0.1) is 5.82 Å². The number of benzene rings is 1. The van der Waals surface area contributed by atoms with Gasteiger partial charge in [0, 0.05) is 20.6 Å². The minimum atomic E-state index is -4.47. The van der Waals surface area contributed by atoms with E-state index in [9.17, 15) is 22.4 Å². The normalized spacial score (nSPS) is 11.3. The zero-order valence-corrected chi connectivity index (χ0v) is 11.6. The van der Waals surface area contributed by atoms with Gasteiger partial charge in [-0.1, -0.05) is 6.07 Å². The van der Waals surface area contributed by atoms with E-state index in [-0.39, 0.29) is 6.54 Å². The van der Waals surface area contributed by atoms with Gasteiger partial charge in [0.15, 0.2) is 0 Å². The van der Waals surface area contributed by atoms with E-state index in [1.807, 2.05) is 0 Å². The van der Waals surface area contributed by atoms with Crippen LogP contribution in [0.4, 0.5) is 23.2 Å². The largest absolute Gasteiger partial charge is 0.411 e.